The Morgan fingerprint density at radius 3 is 2.76 bits per heavy atom. The Bertz CT molecular complexity index is 1290. The van der Waals surface area contributed by atoms with E-state index in [9.17, 15) is 14.0 Å². The van der Waals surface area contributed by atoms with Crippen LogP contribution in [-0.4, -0.2) is 20.6 Å². The van der Waals surface area contributed by atoms with Crippen LogP contribution in [0.15, 0.2) is 58.1 Å². The first-order valence-corrected chi connectivity index (χ1v) is 8.91. The van der Waals surface area contributed by atoms with Crippen LogP contribution in [0, 0.1) is 19.7 Å². The van der Waals surface area contributed by atoms with Crippen molar-refractivity contribution in [1.82, 2.24) is 14.7 Å². The SMILES string of the molecule is Cc1ccc(NC(=O)Cn2cnc3onc(-c4ccccc4F)c3c2=O)c(C)c1. The van der Waals surface area contributed by atoms with E-state index in [-0.39, 0.29) is 34.8 Å². The Balaban J connectivity index is 1.67. The fourth-order valence-corrected chi connectivity index (χ4v) is 3.13. The molecule has 29 heavy (non-hydrogen) atoms. The van der Waals surface area contributed by atoms with Gasteiger partial charge in [0.25, 0.3) is 11.3 Å². The van der Waals surface area contributed by atoms with Crippen LogP contribution in [0.4, 0.5) is 10.1 Å². The predicted octanol–water partition coefficient (Wildman–Crippen LogP) is 3.45. The number of nitrogens with zero attached hydrogens (tertiary/aromatic N) is 3. The van der Waals surface area contributed by atoms with Crippen LogP contribution in [-0.2, 0) is 11.3 Å². The van der Waals surface area contributed by atoms with E-state index < -0.39 is 11.4 Å². The topological polar surface area (TPSA) is 90.0 Å². The molecular weight excluding hydrogens is 375 g/mol. The lowest BCUT2D eigenvalue weighted by atomic mass is 10.1. The molecule has 0 aliphatic rings. The highest BCUT2D eigenvalue weighted by Gasteiger charge is 2.20. The van der Waals surface area contributed by atoms with Crippen molar-refractivity contribution in [2.24, 2.45) is 0 Å². The van der Waals surface area contributed by atoms with Crippen molar-refractivity contribution in [3.05, 3.63) is 76.1 Å². The van der Waals surface area contributed by atoms with Crippen molar-refractivity contribution in [2.45, 2.75) is 20.4 Å². The molecule has 0 bridgehead atoms. The zero-order valence-corrected chi connectivity index (χ0v) is 15.8. The molecule has 4 aromatic rings. The Labute approximate surface area is 164 Å². The number of amides is 1. The third-order valence-electron chi connectivity index (χ3n) is 4.56. The van der Waals surface area contributed by atoms with Gasteiger partial charge in [-0.25, -0.2) is 9.37 Å². The van der Waals surface area contributed by atoms with E-state index in [0.29, 0.717) is 5.69 Å². The van der Waals surface area contributed by atoms with Crippen LogP contribution in [0.2, 0.25) is 0 Å². The van der Waals surface area contributed by atoms with Gasteiger partial charge in [-0.1, -0.05) is 35.0 Å². The van der Waals surface area contributed by atoms with Crippen molar-refractivity contribution < 1.29 is 13.7 Å². The molecule has 2 heterocycles. The van der Waals surface area contributed by atoms with Gasteiger partial charge in [-0.2, -0.15) is 0 Å². The van der Waals surface area contributed by atoms with Gasteiger partial charge in [-0.15, -0.1) is 0 Å². The van der Waals surface area contributed by atoms with Gasteiger partial charge in [0, 0.05) is 11.3 Å². The Hall–Kier alpha value is -3.81. The summed E-state index contributed by atoms with van der Waals surface area (Å²) in [6.07, 6.45) is 1.21. The zero-order chi connectivity index (χ0) is 20.5. The van der Waals surface area contributed by atoms with E-state index in [4.69, 9.17) is 4.52 Å². The second kappa shape index (κ2) is 7.31. The van der Waals surface area contributed by atoms with Crippen LogP contribution in [0.1, 0.15) is 11.1 Å². The van der Waals surface area contributed by atoms with Crippen LogP contribution in [0.5, 0.6) is 0 Å². The summed E-state index contributed by atoms with van der Waals surface area (Å²) in [7, 11) is 0. The molecule has 0 unspecified atom stereocenters. The lowest BCUT2D eigenvalue weighted by molar-refractivity contribution is -0.116. The number of fused-ring (bicyclic) bond motifs is 1. The summed E-state index contributed by atoms with van der Waals surface area (Å²) in [5.41, 5.74) is 2.30. The fraction of sp³-hybridized carbons (Fsp3) is 0.143. The number of benzene rings is 2. The molecular formula is C21H17FN4O3. The van der Waals surface area contributed by atoms with Gasteiger partial charge in [0.15, 0.2) is 0 Å². The third-order valence-corrected chi connectivity index (χ3v) is 4.56. The van der Waals surface area contributed by atoms with Gasteiger partial charge in [0.1, 0.15) is 29.8 Å². The van der Waals surface area contributed by atoms with Crippen molar-refractivity contribution in [1.29, 1.82) is 0 Å². The van der Waals surface area contributed by atoms with E-state index in [0.717, 1.165) is 15.7 Å². The maximum Gasteiger partial charge on any atom is 0.267 e. The lowest BCUT2D eigenvalue weighted by Gasteiger charge is -2.10. The molecule has 2 aromatic carbocycles. The number of nitrogens with one attached hydrogen (secondary N) is 1. The molecule has 7 nitrogen and oxygen atoms in total. The van der Waals surface area contributed by atoms with Crippen LogP contribution in [0.3, 0.4) is 0 Å². The van der Waals surface area contributed by atoms with Gasteiger partial charge < -0.3 is 9.84 Å². The molecule has 4 rings (SSSR count). The zero-order valence-electron chi connectivity index (χ0n) is 15.8. The Morgan fingerprint density at radius 2 is 2.00 bits per heavy atom. The van der Waals surface area contributed by atoms with Gasteiger partial charge in [-0.3, -0.25) is 14.2 Å². The van der Waals surface area contributed by atoms with Crippen molar-refractivity contribution in [3.63, 3.8) is 0 Å². The molecule has 0 saturated carbocycles. The minimum Gasteiger partial charge on any atom is -0.335 e. The highest BCUT2D eigenvalue weighted by Crippen LogP contribution is 2.26. The smallest absolute Gasteiger partial charge is 0.267 e. The van der Waals surface area contributed by atoms with E-state index in [1.54, 1.807) is 6.07 Å². The van der Waals surface area contributed by atoms with Crippen LogP contribution in [0.25, 0.3) is 22.4 Å². The number of carbonyl (C=O) groups excluding carboxylic acids is 1. The Morgan fingerprint density at radius 1 is 1.21 bits per heavy atom. The van der Waals surface area contributed by atoms with E-state index >= 15 is 0 Å². The summed E-state index contributed by atoms with van der Waals surface area (Å²) in [5.74, 6) is -0.922. The first-order valence-electron chi connectivity index (χ1n) is 8.91. The molecule has 146 valence electrons. The number of carbonyl (C=O) groups is 1. The first kappa shape index (κ1) is 18.5. The number of halogens is 1. The van der Waals surface area contributed by atoms with Gasteiger partial charge in [-0.05, 0) is 37.6 Å². The van der Waals surface area contributed by atoms with Crippen LogP contribution >= 0.6 is 0 Å². The van der Waals surface area contributed by atoms with E-state index in [1.807, 2.05) is 32.0 Å². The molecule has 8 heteroatoms. The average Bonchev–Trinajstić information content (AvgIpc) is 3.11. The molecule has 0 aliphatic carbocycles. The summed E-state index contributed by atoms with van der Waals surface area (Å²) in [6.45, 7) is 3.60. The number of aryl methyl sites for hydroxylation is 2. The van der Waals surface area contributed by atoms with Gasteiger partial charge >= 0.3 is 0 Å². The summed E-state index contributed by atoms with van der Waals surface area (Å²) in [5, 5.41) is 6.61. The normalized spacial score (nSPS) is 11.0. The molecule has 0 aliphatic heterocycles. The third kappa shape index (κ3) is 3.52. The quantitative estimate of drug-likeness (QED) is 0.575. The number of aromatic nitrogens is 3. The van der Waals surface area contributed by atoms with Gasteiger partial charge in [0.05, 0.1) is 0 Å². The average molecular weight is 392 g/mol. The number of rotatable bonds is 4. The summed E-state index contributed by atoms with van der Waals surface area (Å²) >= 11 is 0. The molecule has 2 aromatic heterocycles. The summed E-state index contributed by atoms with van der Waals surface area (Å²) < 4.78 is 20.4. The van der Waals surface area contributed by atoms with Crippen molar-refractivity contribution in [3.8, 4) is 11.3 Å². The number of hydrogen-bond acceptors (Lipinski definition) is 5. The van der Waals surface area contributed by atoms with Crippen molar-refractivity contribution >= 4 is 22.7 Å². The van der Waals surface area contributed by atoms with E-state index in [1.165, 1.54) is 24.5 Å². The molecule has 0 spiro atoms. The standard InChI is InChI=1S/C21H17FN4O3/c1-12-7-8-16(13(2)9-12)24-17(27)10-26-11-23-20-18(21(26)28)19(25-29-20)14-5-3-4-6-15(14)22/h3-9,11H,10H2,1-2H3,(H,24,27). The molecule has 0 radical (unpaired) electrons. The molecule has 0 saturated heterocycles. The van der Waals surface area contributed by atoms with Crippen molar-refractivity contribution in [2.75, 3.05) is 5.32 Å². The Kier molecular flexibility index (Phi) is 4.67. The summed E-state index contributed by atoms with van der Waals surface area (Å²) in [4.78, 5) is 29.4. The maximum absolute atomic E-state index is 14.2. The number of hydrogen-bond donors (Lipinski definition) is 1. The molecule has 1 N–H and O–H groups in total. The van der Waals surface area contributed by atoms with Gasteiger partial charge in [0.2, 0.25) is 5.91 Å². The molecule has 1 amide bonds. The highest BCUT2D eigenvalue weighted by atomic mass is 19.1. The summed E-state index contributed by atoms with van der Waals surface area (Å²) in [6, 6.07) is 11.6. The fourth-order valence-electron chi connectivity index (χ4n) is 3.13. The molecule has 0 fully saturated rings. The number of anilines is 1. The monoisotopic (exact) mass is 392 g/mol. The second-order valence-electron chi connectivity index (χ2n) is 6.74. The van der Waals surface area contributed by atoms with Crippen LogP contribution < -0.4 is 10.9 Å². The highest BCUT2D eigenvalue weighted by molar-refractivity contribution is 5.92. The predicted molar refractivity (Wildman–Crippen MR) is 106 cm³/mol. The minimum absolute atomic E-state index is 0.0145. The molecule has 0 atom stereocenters. The lowest BCUT2D eigenvalue weighted by Crippen LogP contribution is -2.28. The largest absolute Gasteiger partial charge is 0.335 e. The first-order chi connectivity index (χ1) is 13.9. The minimum atomic E-state index is -0.537. The second-order valence-corrected chi connectivity index (χ2v) is 6.74. The van der Waals surface area contributed by atoms with E-state index in [2.05, 4.69) is 15.5 Å². The maximum atomic E-state index is 14.2.